The third kappa shape index (κ3) is 10.3. The summed E-state index contributed by atoms with van der Waals surface area (Å²) >= 11 is 0. The zero-order valence-corrected chi connectivity index (χ0v) is 24.0. The summed E-state index contributed by atoms with van der Waals surface area (Å²) in [5.74, 6) is -3.86. The number of hydrogen-bond acceptors (Lipinski definition) is 11. The molecular formula is C29H40O12. The highest BCUT2D eigenvalue weighted by atomic mass is 16.7. The normalized spacial score (nSPS) is 21.8. The van der Waals surface area contributed by atoms with Crippen molar-refractivity contribution in [2.75, 3.05) is 6.61 Å². The number of carboxylic acid groups (broad SMARTS) is 1. The first kappa shape index (κ1) is 33.5. The predicted octanol–water partition coefficient (Wildman–Crippen LogP) is 3.97. The van der Waals surface area contributed by atoms with E-state index in [1.165, 1.54) is 18.2 Å². The Kier molecular flexibility index (Phi) is 14.1. The van der Waals surface area contributed by atoms with E-state index in [-0.39, 0.29) is 37.0 Å². The van der Waals surface area contributed by atoms with Crippen LogP contribution in [0.4, 0.5) is 0 Å². The van der Waals surface area contributed by atoms with Crippen molar-refractivity contribution in [2.45, 2.75) is 110 Å². The standard InChI is InChI=1S/C29H40O12/c1-5-11-21(30)36-17-20-25(39-22(31)12-6-2)26(40-23(32)13-7-3)27(41-24(33)14-8-4)29(38-20)37-19-16-10-9-15-18(19)28(34)35/h9-10,15-16,20,25-27,29H,5-8,11-14,17H2,1-4H3,(H,34,35)/t20-,25-,26+,27-,29+/m1/s1. The lowest BCUT2D eigenvalue weighted by Gasteiger charge is -2.44. The molecule has 0 bridgehead atoms. The molecule has 12 heteroatoms. The number of aromatic carboxylic acids is 1. The second-order valence-corrected chi connectivity index (χ2v) is 9.51. The zero-order chi connectivity index (χ0) is 30.4. The first-order chi connectivity index (χ1) is 19.6. The molecule has 12 nitrogen and oxygen atoms in total. The van der Waals surface area contributed by atoms with Crippen molar-refractivity contribution >= 4 is 29.8 Å². The minimum absolute atomic E-state index is 0.0168. The average Bonchev–Trinajstić information content (AvgIpc) is 2.91. The molecule has 0 amide bonds. The van der Waals surface area contributed by atoms with Crippen molar-refractivity contribution in [3.8, 4) is 5.75 Å². The summed E-state index contributed by atoms with van der Waals surface area (Å²) < 4.78 is 34.5. The number of carbonyl (C=O) groups excluding carboxylic acids is 4. The van der Waals surface area contributed by atoms with Crippen LogP contribution in [0.2, 0.25) is 0 Å². The number of hydrogen-bond donors (Lipinski definition) is 1. The zero-order valence-electron chi connectivity index (χ0n) is 24.0. The van der Waals surface area contributed by atoms with Crippen LogP contribution in [-0.4, -0.2) is 72.3 Å². The molecule has 1 N–H and O–H groups in total. The summed E-state index contributed by atoms with van der Waals surface area (Å²) in [6.07, 6.45) is -4.83. The van der Waals surface area contributed by atoms with Crippen molar-refractivity contribution in [3.05, 3.63) is 29.8 Å². The third-order valence-corrected chi connectivity index (χ3v) is 5.98. The van der Waals surface area contributed by atoms with Crippen molar-refractivity contribution in [1.82, 2.24) is 0 Å². The van der Waals surface area contributed by atoms with Crippen LogP contribution < -0.4 is 4.74 Å². The fraction of sp³-hybridized carbons (Fsp3) is 0.621. The van der Waals surface area contributed by atoms with Crippen molar-refractivity contribution in [3.63, 3.8) is 0 Å². The fourth-order valence-corrected chi connectivity index (χ4v) is 4.08. The first-order valence-electron chi connectivity index (χ1n) is 14.0. The number of carbonyl (C=O) groups is 5. The van der Waals surface area contributed by atoms with Crippen molar-refractivity contribution < 1.29 is 57.5 Å². The van der Waals surface area contributed by atoms with Gasteiger partial charge >= 0.3 is 29.8 Å². The summed E-state index contributed by atoms with van der Waals surface area (Å²) in [6, 6.07) is 5.75. The van der Waals surface area contributed by atoms with E-state index in [0.717, 1.165) is 0 Å². The maximum atomic E-state index is 12.7. The minimum Gasteiger partial charge on any atom is -0.478 e. The minimum atomic E-state index is -1.52. The van der Waals surface area contributed by atoms with Gasteiger partial charge in [-0.2, -0.15) is 0 Å². The van der Waals surface area contributed by atoms with E-state index in [1.54, 1.807) is 33.8 Å². The quantitative estimate of drug-likeness (QED) is 0.222. The molecule has 1 aliphatic heterocycles. The molecule has 0 aromatic heterocycles. The van der Waals surface area contributed by atoms with Crippen molar-refractivity contribution in [1.29, 1.82) is 0 Å². The Labute approximate surface area is 239 Å². The highest BCUT2D eigenvalue weighted by molar-refractivity contribution is 5.90. The number of rotatable bonds is 16. The molecule has 1 aromatic rings. The molecule has 1 heterocycles. The van der Waals surface area contributed by atoms with E-state index in [0.29, 0.717) is 25.7 Å². The second-order valence-electron chi connectivity index (χ2n) is 9.51. The van der Waals surface area contributed by atoms with E-state index in [4.69, 9.17) is 28.4 Å². The van der Waals surface area contributed by atoms with Crippen LogP contribution in [-0.2, 0) is 42.9 Å². The molecule has 1 aromatic carbocycles. The van der Waals surface area contributed by atoms with Gasteiger partial charge in [0.1, 0.15) is 24.0 Å². The number of benzene rings is 1. The van der Waals surface area contributed by atoms with Gasteiger partial charge in [-0.05, 0) is 37.8 Å². The Morgan fingerprint density at radius 1 is 0.707 bits per heavy atom. The molecule has 0 aliphatic carbocycles. The van der Waals surface area contributed by atoms with Crippen LogP contribution in [0, 0.1) is 0 Å². The van der Waals surface area contributed by atoms with Gasteiger partial charge < -0.3 is 33.5 Å². The van der Waals surface area contributed by atoms with Gasteiger partial charge in [0.05, 0.1) is 0 Å². The predicted molar refractivity (Wildman–Crippen MR) is 143 cm³/mol. The molecular weight excluding hydrogens is 540 g/mol. The molecule has 0 unspecified atom stereocenters. The molecule has 5 atom stereocenters. The second kappa shape index (κ2) is 17.2. The Balaban J connectivity index is 2.59. The van der Waals surface area contributed by atoms with Gasteiger partial charge in [0.15, 0.2) is 12.2 Å². The van der Waals surface area contributed by atoms with Gasteiger partial charge in [-0.15, -0.1) is 0 Å². The Morgan fingerprint density at radius 2 is 1.20 bits per heavy atom. The summed E-state index contributed by atoms with van der Waals surface area (Å²) in [7, 11) is 0. The summed E-state index contributed by atoms with van der Waals surface area (Å²) in [4.78, 5) is 62.1. The molecule has 2 rings (SSSR count). The Bertz CT molecular complexity index is 1040. The SMILES string of the molecule is CCCC(=O)OC[C@H]1O[C@H](Oc2ccccc2C(=O)O)[C@H](OC(=O)CCC)[C@@H](OC(=O)CCC)[C@@H]1OC(=O)CCC. The van der Waals surface area contributed by atoms with E-state index >= 15 is 0 Å². The van der Waals surface area contributed by atoms with E-state index in [1.807, 2.05) is 0 Å². The molecule has 1 aliphatic rings. The van der Waals surface area contributed by atoms with Gasteiger partial charge in [-0.1, -0.05) is 39.8 Å². The summed E-state index contributed by atoms with van der Waals surface area (Å²) in [6.45, 7) is 6.72. The lowest BCUT2D eigenvalue weighted by atomic mass is 9.97. The molecule has 228 valence electrons. The number of para-hydroxylation sites is 1. The molecule has 0 spiro atoms. The summed E-state index contributed by atoms with van der Waals surface area (Å²) in [5.41, 5.74) is -0.198. The van der Waals surface area contributed by atoms with Gasteiger partial charge in [-0.3, -0.25) is 19.2 Å². The average molecular weight is 581 g/mol. The number of carboxylic acids is 1. The smallest absolute Gasteiger partial charge is 0.339 e. The van der Waals surface area contributed by atoms with E-state index in [2.05, 4.69) is 0 Å². The fourth-order valence-electron chi connectivity index (χ4n) is 4.08. The molecule has 1 saturated heterocycles. The number of ether oxygens (including phenoxy) is 6. The van der Waals surface area contributed by atoms with Gasteiger partial charge in [-0.25, -0.2) is 4.79 Å². The van der Waals surface area contributed by atoms with Crippen LogP contribution in [0.5, 0.6) is 5.75 Å². The van der Waals surface area contributed by atoms with Crippen LogP contribution in [0.15, 0.2) is 24.3 Å². The molecule has 0 saturated carbocycles. The first-order valence-corrected chi connectivity index (χ1v) is 14.0. The highest BCUT2D eigenvalue weighted by Gasteiger charge is 2.54. The van der Waals surface area contributed by atoms with Gasteiger partial charge in [0.2, 0.25) is 12.4 Å². The van der Waals surface area contributed by atoms with E-state index in [9.17, 15) is 29.1 Å². The lowest BCUT2D eigenvalue weighted by Crippen LogP contribution is -2.64. The van der Waals surface area contributed by atoms with E-state index < -0.39 is 67.2 Å². The number of esters is 4. The highest BCUT2D eigenvalue weighted by Crippen LogP contribution is 2.32. The monoisotopic (exact) mass is 580 g/mol. The third-order valence-electron chi connectivity index (χ3n) is 5.98. The van der Waals surface area contributed by atoms with Crippen LogP contribution in [0.1, 0.15) is 89.4 Å². The Hall–Kier alpha value is -3.67. The van der Waals surface area contributed by atoms with Crippen LogP contribution in [0.3, 0.4) is 0 Å². The maximum absolute atomic E-state index is 12.7. The van der Waals surface area contributed by atoms with Crippen LogP contribution >= 0.6 is 0 Å². The van der Waals surface area contributed by atoms with Gasteiger partial charge in [0, 0.05) is 25.7 Å². The van der Waals surface area contributed by atoms with Crippen molar-refractivity contribution in [2.24, 2.45) is 0 Å². The Morgan fingerprint density at radius 3 is 1.73 bits per heavy atom. The molecule has 0 radical (unpaired) electrons. The molecule has 41 heavy (non-hydrogen) atoms. The van der Waals surface area contributed by atoms with Crippen LogP contribution in [0.25, 0.3) is 0 Å². The summed E-state index contributed by atoms with van der Waals surface area (Å²) in [5, 5.41) is 9.66. The van der Waals surface area contributed by atoms with Gasteiger partial charge in [0.25, 0.3) is 0 Å². The topological polar surface area (TPSA) is 161 Å². The lowest BCUT2D eigenvalue weighted by molar-refractivity contribution is -0.289. The largest absolute Gasteiger partial charge is 0.478 e. The maximum Gasteiger partial charge on any atom is 0.339 e. The molecule has 1 fully saturated rings.